The number of phenols is 1. The first kappa shape index (κ1) is 20.9. The molecule has 1 fully saturated rings. The van der Waals surface area contributed by atoms with Crippen LogP contribution in [-0.4, -0.2) is 64.1 Å². The molecule has 1 unspecified atom stereocenters. The predicted molar refractivity (Wildman–Crippen MR) is 121 cm³/mol. The molecule has 0 bridgehead atoms. The molecule has 0 aliphatic carbocycles. The largest absolute Gasteiger partial charge is 0.508 e. The third-order valence-corrected chi connectivity index (χ3v) is 6.54. The minimum Gasteiger partial charge on any atom is -0.508 e. The van der Waals surface area contributed by atoms with E-state index >= 15 is 0 Å². The predicted octanol–water partition coefficient (Wildman–Crippen LogP) is 4.03. The lowest BCUT2D eigenvalue weighted by atomic mass is 10.1. The van der Waals surface area contributed by atoms with E-state index in [4.69, 9.17) is 4.42 Å². The molecule has 6 nitrogen and oxygen atoms in total. The molecule has 1 saturated heterocycles. The summed E-state index contributed by atoms with van der Waals surface area (Å²) in [4.78, 5) is 4.85. The second-order valence-corrected chi connectivity index (χ2v) is 9.00. The van der Waals surface area contributed by atoms with Crippen molar-refractivity contribution in [2.75, 3.05) is 39.0 Å². The number of aromatic nitrogens is 2. The minimum absolute atomic E-state index is 0.186. The standard InChI is InChI=1S/C23H28N4O2S/c1-3-30-21(19-6-4-5-7-20(19)28)23-25-24-22(29-23)18-10-8-17(9-11-18)16-27-14-12-26(2)13-15-27/h4-11,21,28H,3,12-16H2,1-2H3. The highest BCUT2D eigenvalue weighted by Gasteiger charge is 2.24. The van der Waals surface area contributed by atoms with Crippen molar-refractivity contribution >= 4 is 11.8 Å². The maximum absolute atomic E-state index is 10.3. The van der Waals surface area contributed by atoms with Crippen molar-refractivity contribution in [1.29, 1.82) is 0 Å². The maximum Gasteiger partial charge on any atom is 0.247 e. The Kier molecular flexibility index (Phi) is 6.72. The Morgan fingerprint density at radius 3 is 2.47 bits per heavy atom. The van der Waals surface area contributed by atoms with E-state index in [1.165, 1.54) is 5.56 Å². The monoisotopic (exact) mass is 424 g/mol. The number of phenolic OH excluding ortho intramolecular Hbond substituents is 1. The Balaban J connectivity index is 1.48. The third kappa shape index (κ3) is 4.86. The van der Waals surface area contributed by atoms with Crippen molar-refractivity contribution in [2.45, 2.75) is 18.7 Å². The van der Waals surface area contributed by atoms with Crippen molar-refractivity contribution in [3.63, 3.8) is 0 Å². The molecular formula is C23H28N4O2S. The first-order chi connectivity index (χ1) is 14.6. The van der Waals surface area contributed by atoms with Gasteiger partial charge in [-0.25, -0.2) is 0 Å². The van der Waals surface area contributed by atoms with Crippen molar-refractivity contribution in [2.24, 2.45) is 0 Å². The van der Waals surface area contributed by atoms with E-state index in [0.717, 1.165) is 49.6 Å². The highest BCUT2D eigenvalue weighted by atomic mass is 32.2. The average Bonchev–Trinajstić information content (AvgIpc) is 3.25. The normalized spacial score (nSPS) is 16.6. The number of para-hydroxylation sites is 1. The quantitative estimate of drug-likeness (QED) is 0.614. The molecule has 0 saturated carbocycles. The van der Waals surface area contributed by atoms with Gasteiger partial charge in [0.05, 0.1) is 0 Å². The molecule has 7 heteroatoms. The minimum atomic E-state index is -0.186. The van der Waals surface area contributed by atoms with Crippen LogP contribution in [0.2, 0.25) is 0 Å². The van der Waals surface area contributed by atoms with Crippen molar-refractivity contribution < 1.29 is 9.52 Å². The van der Waals surface area contributed by atoms with E-state index in [2.05, 4.69) is 46.1 Å². The molecule has 1 aliphatic rings. The lowest BCUT2D eigenvalue weighted by Crippen LogP contribution is -2.43. The lowest BCUT2D eigenvalue weighted by molar-refractivity contribution is 0.148. The van der Waals surface area contributed by atoms with Crippen molar-refractivity contribution in [1.82, 2.24) is 20.0 Å². The fraction of sp³-hybridized carbons (Fsp3) is 0.391. The van der Waals surface area contributed by atoms with Crippen LogP contribution in [0.15, 0.2) is 52.9 Å². The van der Waals surface area contributed by atoms with E-state index in [1.807, 2.05) is 30.3 Å². The molecule has 158 valence electrons. The van der Waals surface area contributed by atoms with Gasteiger partial charge in [0.25, 0.3) is 0 Å². The van der Waals surface area contributed by atoms with Gasteiger partial charge in [0.15, 0.2) is 0 Å². The van der Waals surface area contributed by atoms with Crippen molar-refractivity contribution in [3.8, 4) is 17.2 Å². The second kappa shape index (κ2) is 9.64. The van der Waals surface area contributed by atoms with Crippen LogP contribution in [0.3, 0.4) is 0 Å². The van der Waals surface area contributed by atoms with Gasteiger partial charge in [0.2, 0.25) is 11.8 Å². The van der Waals surface area contributed by atoms with E-state index < -0.39 is 0 Å². The van der Waals surface area contributed by atoms with Gasteiger partial charge in [-0.05, 0) is 36.6 Å². The fourth-order valence-corrected chi connectivity index (χ4v) is 4.59. The van der Waals surface area contributed by atoms with E-state index in [0.29, 0.717) is 11.8 Å². The molecule has 2 heterocycles. The molecule has 0 amide bonds. The zero-order valence-corrected chi connectivity index (χ0v) is 18.3. The number of hydrogen-bond donors (Lipinski definition) is 1. The lowest BCUT2D eigenvalue weighted by Gasteiger charge is -2.32. The SMILES string of the molecule is CCSC(c1nnc(-c2ccc(CN3CCN(C)CC3)cc2)o1)c1ccccc1O. The molecule has 1 atom stereocenters. The van der Waals surface area contributed by atoms with Crippen LogP contribution in [0.1, 0.15) is 29.2 Å². The van der Waals surface area contributed by atoms with E-state index in [-0.39, 0.29) is 11.0 Å². The smallest absolute Gasteiger partial charge is 0.247 e. The first-order valence-electron chi connectivity index (χ1n) is 10.4. The summed E-state index contributed by atoms with van der Waals surface area (Å²) < 4.78 is 6.03. The number of piperazine rings is 1. The van der Waals surface area contributed by atoms with Crippen molar-refractivity contribution in [3.05, 3.63) is 65.5 Å². The summed E-state index contributed by atoms with van der Waals surface area (Å²) in [6.45, 7) is 7.50. The van der Waals surface area contributed by atoms with Gasteiger partial charge in [-0.2, -0.15) is 0 Å². The number of hydrogen-bond acceptors (Lipinski definition) is 7. The van der Waals surface area contributed by atoms with Crippen LogP contribution in [0.4, 0.5) is 0 Å². The fourth-order valence-electron chi connectivity index (χ4n) is 3.64. The van der Waals surface area contributed by atoms with E-state index in [1.54, 1.807) is 17.8 Å². The Labute approximate surface area is 181 Å². The Bertz CT molecular complexity index is 952. The van der Waals surface area contributed by atoms with Gasteiger partial charge >= 0.3 is 0 Å². The Morgan fingerprint density at radius 1 is 1.03 bits per heavy atom. The summed E-state index contributed by atoms with van der Waals surface area (Å²) in [7, 11) is 2.17. The second-order valence-electron chi connectivity index (χ2n) is 7.62. The molecule has 1 aliphatic heterocycles. The zero-order chi connectivity index (χ0) is 20.9. The van der Waals surface area contributed by atoms with Gasteiger partial charge < -0.3 is 14.4 Å². The Hall–Kier alpha value is -2.35. The van der Waals surface area contributed by atoms with Crippen LogP contribution in [0, 0.1) is 0 Å². The molecular weight excluding hydrogens is 396 g/mol. The number of aromatic hydroxyl groups is 1. The molecule has 2 aromatic carbocycles. The summed E-state index contributed by atoms with van der Waals surface area (Å²) in [5.41, 5.74) is 2.99. The molecule has 30 heavy (non-hydrogen) atoms. The van der Waals surface area contributed by atoms with Gasteiger partial charge in [0.1, 0.15) is 11.0 Å². The average molecular weight is 425 g/mol. The van der Waals surface area contributed by atoms with Crippen LogP contribution < -0.4 is 0 Å². The number of rotatable bonds is 7. The topological polar surface area (TPSA) is 65.6 Å². The molecule has 3 aromatic rings. The summed E-state index contributed by atoms with van der Waals surface area (Å²) in [5, 5.41) is 18.6. The highest BCUT2D eigenvalue weighted by molar-refractivity contribution is 7.99. The number of nitrogens with zero attached hydrogens (tertiary/aromatic N) is 4. The third-order valence-electron chi connectivity index (χ3n) is 5.42. The van der Waals surface area contributed by atoms with E-state index in [9.17, 15) is 5.11 Å². The maximum atomic E-state index is 10.3. The van der Waals surface area contributed by atoms with Gasteiger partial charge in [-0.1, -0.05) is 37.3 Å². The summed E-state index contributed by atoms with van der Waals surface area (Å²) in [6, 6.07) is 15.7. The molecule has 0 radical (unpaired) electrons. The molecule has 1 aromatic heterocycles. The number of thioether (sulfide) groups is 1. The van der Waals surface area contributed by atoms with Crippen LogP contribution >= 0.6 is 11.8 Å². The molecule has 4 rings (SSSR count). The Morgan fingerprint density at radius 2 is 1.77 bits per heavy atom. The number of benzene rings is 2. The summed E-state index contributed by atoms with van der Waals surface area (Å²) in [6.07, 6.45) is 0. The summed E-state index contributed by atoms with van der Waals surface area (Å²) >= 11 is 1.66. The molecule has 0 spiro atoms. The zero-order valence-electron chi connectivity index (χ0n) is 17.5. The summed E-state index contributed by atoms with van der Waals surface area (Å²) in [5.74, 6) is 2.14. The van der Waals surface area contributed by atoms with Crippen LogP contribution in [0.5, 0.6) is 5.75 Å². The highest BCUT2D eigenvalue weighted by Crippen LogP contribution is 2.39. The first-order valence-corrected chi connectivity index (χ1v) is 11.4. The van der Waals surface area contributed by atoms with Gasteiger partial charge in [-0.3, -0.25) is 4.90 Å². The van der Waals surface area contributed by atoms with Gasteiger partial charge in [-0.15, -0.1) is 22.0 Å². The number of likely N-dealkylation sites (N-methyl/N-ethyl adjacent to an activating group) is 1. The van der Waals surface area contributed by atoms with Gasteiger partial charge in [0, 0.05) is 43.9 Å². The van der Waals surface area contributed by atoms with Crippen LogP contribution in [-0.2, 0) is 6.54 Å². The van der Waals surface area contributed by atoms with Crippen LogP contribution in [0.25, 0.3) is 11.5 Å². The molecule has 1 N–H and O–H groups in total.